The minimum atomic E-state index is -0.968. The molecule has 0 saturated carbocycles. The molecule has 1 unspecified atom stereocenters. The van der Waals surface area contributed by atoms with E-state index in [1.54, 1.807) is 0 Å². The van der Waals surface area contributed by atoms with Crippen molar-refractivity contribution in [2.75, 3.05) is 25.7 Å². The van der Waals surface area contributed by atoms with E-state index in [1.165, 1.54) is 32.1 Å². The van der Waals surface area contributed by atoms with Crippen molar-refractivity contribution in [1.29, 1.82) is 0 Å². The molecule has 0 radical (unpaired) electrons. The molecule has 0 aromatic rings. The van der Waals surface area contributed by atoms with Crippen molar-refractivity contribution in [3.63, 3.8) is 0 Å². The van der Waals surface area contributed by atoms with Crippen LogP contribution >= 0.6 is 11.6 Å². The van der Waals surface area contributed by atoms with E-state index in [1.807, 2.05) is 0 Å². The van der Waals surface area contributed by atoms with Crippen molar-refractivity contribution < 1.29 is 14.2 Å². The van der Waals surface area contributed by atoms with Crippen molar-refractivity contribution in [2.24, 2.45) is 5.92 Å². The van der Waals surface area contributed by atoms with Gasteiger partial charge in [0.25, 0.3) is 5.97 Å². The quantitative estimate of drug-likeness (QED) is 0.111. The minimum absolute atomic E-state index is 0.0795. The largest absolute Gasteiger partial charge is 0.327 e. The van der Waals surface area contributed by atoms with Crippen molar-refractivity contribution in [2.45, 2.75) is 117 Å². The highest BCUT2D eigenvalue weighted by atomic mass is 35.5. The summed E-state index contributed by atoms with van der Waals surface area (Å²) >= 11 is 6.41. The van der Waals surface area contributed by atoms with Gasteiger partial charge >= 0.3 is 0 Å². The van der Waals surface area contributed by atoms with Gasteiger partial charge in [-0.25, -0.2) is 0 Å². The Morgan fingerprint density at radius 3 is 1.41 bits per heavy atom. The number of ether oxygens (including phenoxy) is 3. The number of hydrogen-bond acceptors (Lipinski definition) is 3. The molecule has 0 aromatic heterocycles. The van der Waals surface area contributed by atoms with Crippen LogP contribution in [0.15, 0.2) is 0 Å². The summed E-state index contributed by atoms with van der Waals surface area (Å²) in [5.74, 6) is -0.375. The lowest BCUT2D eigenvalue weighted by Gasteiger charge is -2.39. The van der Waals surface area contributed by atoms with Gasteiger partial charge in [0.2, 0.25) is 0 Å². The first-order valence-electron chi connectivity index (χ1n) is 11.7. The third kappa shape index (κ3) is 13.1. The molecule has 0 spiro atoms. The van der Waals surface area contributed by atoms with Gasteiger partial charge in [0.15, 0.2) is 0 Å². The molecule has 164 valence electrons. The molecule has 3 nitrogen and oxygen atoms in total. The molecule has 4 heteroatoms. The maximum absolute atomic E-state index is 6.41. The molecule has 0 fully saturated rings. The Morgan fingerprint density at radius 2 is 1.00 bits per heavy atom. The maximum Gasteiger partial charge on any atom is 0.287 e. The molecule has 0 aliphatic rings. The van der Waals surface area contributed by atoms with E-state index in [9.17, 15) is 0 Å². The highest BCUT2D eigenvalue weighted by Crippen LogP contribution is 2.32. The summed E-state index contributed by atoms with van der Waals surface area (Å²) in [4.78, 5) is 0. The van der Waals surface area contributed by atoms with Crippen LogP contribution in [0.25, 0.3) is 0 Å². The lowest BCUT2D eigenvalue weighted by molar-refractivity contribution is -0.403. The SMILES string of the molecule is CCCCCCCCC(CCl)C(OCCCC)(OCCCC)OCCCC. The highest BCUT2D eigenvalue weighted by Gasteiger charge is 2.42. The van der Waals surface area contributed by atoms with Crippen LogP contribution in [0.2, 0.25) is 0 Å². The van der Waals surface area contributed by atoms with Crippen LogP contribution in [0.5, 0.6) is 0 Å². The van der Waals surface area contributed by atoms with Crippen LogP contribution in [-0.2, 0) is 14.2 Å². The van der Waals surface area contributed by atoms with Gasteiger partial charge in [-0.3, -0.25) is 0 Å². The summed E-state index contributed by atoms with van der Waals surface area (Å²) < 4.78 is 18.8. The second kappa shape index (κ2) is 19.5. The fraction of sp³-hybridized carbons (Fsp3) is 1.00. The van der Waals surface area contributed by atoms with Crippen LogP contribution in [-0.4, -0.2) is 31.7 Å². The molecule has 0 rings (SSSR count). The van der Waals surface area contributed by atoms with E-state index in [2.05, 4.69) is 27.7 Å². The Morgan fingerprint density at radius 1 is 0.593 bits per heavy atom. The average molecular weight is 407 g/mol. The van der Waals surface area contributed by atoms with Crippen LogP contribution in [0.4, 0.5) is 0 Å². The zero-order valence-electron chi connectivity index (χ0n) is 18.7. The number of halogens is 1. The van der Waals surface area contributed by atoms with E-state index in [4.69, 9.17) is 25.8 Å². The minimum Gasteiger partial charge on any atom is -0.327 e. The summed E-state index contributed by atoms with van der Waals surface area (Å²) in [6.45, 7) is 10.8. The fourth-order valence-corrected chi connectivity index (χ4v) is 3.42. The monoisotopic (exact) mass is 406 g/mol. The van der Waals surface area contributed by atoms with Crippen LogP contribution in [0.3, 0.4) is 0 Å². The fourth-order valence-electron chi connectivity index (χ4n) is 3.07. The molecule has 0 aromatic carbocycles. The summed E-state index contributed by atoms with van der Waals surface area (Å²) in [6.07, 6.45) is 15.0. The van der Waals surface area contributed by atoms with Crippen molar-refractivity contribution in [3.05, 3.63) is 0 Å². The predicted octanol–water partition coefficient (Wildman–Crippen LogP) is 7.70. The van der Waals surface area contributed by atoms with Crippen molar-refractivity contribution in [3.8, 4) is 0 Å². The lowest BCUT2D eigenvalue weighted by atomic mass is 9.99. The molecule has 27 heavy (non-hydrogen) atoms. The van der Waals surface area contributed by atoms with Crippen LogP contribution in [0, 0.1) is 5.92 Å². The Labute approximate surface area is 174 Å². The van der Waals surface area contributed by atoms with Gasteiger partial charge in [-0.05, 0) is 25.7 Å². The van der Waals surface area contributed by atoms with E-state index in [0.29, 0.717) is 25.7 Å². The molecular formula is C23H47ClO3. The predicted molar refractivity (Wildman–Crippen MR) is 118 cm³/mol. The highest BCUT2D eigenvalue weighted by molar-refractivity contribution is 6.18. The molecular weight excluding hydrogens is 360 g/mol. The van der Waals surface area contributed by atoms with E-state index in [-0.39, 0.29) is 5.92 Å². The molecule has 0 heterocycles. The smallest absolute Gasteiger partial charge is 0.287 e. The van der Waals surface area contributed by atoms with Crippen molar-refractivity contribution in [1.82, 2.24) is 0 Å². The van der Waals surface area contributed by atoms with E-state index in [0.717, 1.165) is 51.4 Å². The lowest BCUT2D eigenvalue weighted by Crippen LogP contribution is -2.48. The van der Waals surface area contributed by atoms with Gasteiger partial charge < -0.3 is 14.2 Å². The molecule has 0 N–H and O–H groups in total. The average Bonchev–Trinajstić information content (AvgIpc) is 2.67. The Hall–Kier alpha value is 0.170. The first kappa shape index (κ1) is 27.2. The molecule has 0 aliphatic heterocycles. The third-order valence-electron chi connectivity index (χ3n) is 5.00. The van der Waals surface area contributed by atoms with Gasteiger partial charge in [0.1, 0.15) is 0 Å². The zero-order valence-corrected chi connectivity index (χ0v) is 19.5. The van der Waals surface area contributed by atoms with Gasteiger partial charge in [-0.15, -0.1) is 11.6 Å². The van der Waals surface area contributed by atoms with Gasteiger partial charge in [-0.2, -0.15) is 0 Å². The standard InChI is InChI=1S/C23H47ClO3/c1-5-9-13-14-15-16-17-22(21-24)23(25-18-10-6-2,26-19-11-7-3)27-20-12-8-4/h22H,5-21H2,1-4H3. The van der Waals surface area contributed by atoms with Crippen LogP contribution < -0.4 is 0 Å². The number of hydrogen-bond donors (Lipinski definition) is 0. The zero-order chi connectivity index (χ0) is 20.2. The normalized spacial score (nSPS) is 13.2. The Balaban J connectivity index is 4.92. The second-order valence-electron chi connectivity index (χ2n) is 7.62. The third-order valence-corrected chi connectivity index (χ3v) is 5.37. The molecule has 0 bridgehead atoms. The van der Waals surface area contributed by atoms with Crippen LogP contribution in [0.1, 0.15) is 111 Å². The maximum atomic E-state index is 6.41. The summed E-state index contributed by atoms with van der Waals surface area (Å²) in [6, 6.07) is 0. The first-order chi connectivity index (χ1) is 13.2. The number of alkyl halides is 1. The Bertz CT molecular complexity index is 273. The summed E-state index contributed by atoms with van der Waals surface area (Å²) in [5.41, 5.74) is 0. The second-order valence-corrected chi connectivity index (χ2v) is 7.93. The summed E-state index contributed by atoms with van der Waals surface area (Å²) in [5, 5.41) is 0. The van der Waals surface area contributed by atoms with Gasteiger partial charge in [-0.1, -0.05) is 85.5 Å². The number of rotatable bonds is 21. The molecule has 0 aliphatic carbocycles. The molecule has 0 saturated heterocycles. The van der Waals surface area contributed by atoms with Gasteiger partial charge in [0.05, 0.1) is 25.7 Å². The van der Waals surface area contributed by atoms with E-state index >= 15 is 0 Å². The van der Waals surface area contributed by atoms with Crippen molar-refractivity contribution >= 4 is 11.6 Å². The molecule has 1 atom stereocenters. The molecule has 0 amide bonds. The van der Waals surface area contributed by atoms with Gasteiger partial charge in [0, 0.05) is 5.88 Å². The number of unbranched alkanes of at least 4 members (excludes halogenated alkanes) is 8. The first-order valence-corrected chi connectivity index (χ1v) is 12.2. The van der Waals surface area contributed by atoms with E-state index < -0.39 is 5.97 Å². The summed E-state index contributed by atoms with van der Waals surface area (Å²) in [7, 11) is 0. The topological polar surface area (TPSA) is 27.7 Å². The Kier molecular flexibility index (Phi) is 19.6.